The highest BCUT2D eigenvalue weighted by Crippen LogP contribution is 2.34. The van der Waals surface area contributed by atoms with Gasteiger partial charge in [-0.05, 0) is 33.1 Å². The molecule has 0 aliphatic carbocycles. The van der Waals surface area contributed by atoms with Gasteiger partial charge in [-0.15, -0.1) is 0 Å². The number of hydrogen-bond donors (Lipinski definition) is 0. The van der Waals surface area contributed by atoms with Crippen LogP contribution in [-0.4, -0.2) is 50.7 Å². The molecule has 2 heterocycles. The van der Waals surface area contributed by atoms with Crippen molar-refractivity contribution in [3.63, 3.8) is 0 Å². The first-order valence-corrected chi connectivity index (χ1v) is 12.1. The molecule has 0 spiro atoms. The molecule has 0 aromatic carbocycles. The van der Waals surface area contributed by atoms with Crippen LogP contribution in [0.3, 0.4) is 0 Å². The topological polar surface area (TPSA) is 46.2 Å². The van der Waals surface area contributed by atoms with E-state index in [2.05, 4.69) is 6.92 Å². The quantitative estimate of drug-likeness (QED) is 0.229. The fourth-order valence-electron chi connectivity index (χ4n) is 4.50. The first kappa shape index (κ1) is 25.1. The second-order valence-corrected chi connectivity index (χ2v) is 9.24. The number of hydrogen-bond acceptors (Lipinski definition) is 5. The highest BCUT2D eigenvalue weighted by molar-refractivity contribution is 4.87. The third-order valence-corrected chi connectivity index (χ3v) is 6.19. The average Bonchev–Trinajstić information content (AvgIpc) is 3.32. The molecule has 172 valence electrons. The zero-order valence-electron chi connectivity index (χ0n) is 19.5. The maximum Gasteiger partial charge on any atom is 0.163 e. The lowest BCUT2D eigenvalue weighted by Crippen LogP contribution is -2.34. The van der Waals surface area contributed by atoms with Crippen molar-refractivity contribution >= 4 is 0 Å². The van der Waals surface area contributed by atoms with Crippen LogP contribution in [0.5, 0.6) is 0 Å². The summed E-state index contributed by atoms with van der Waals surface area (Å²) in [6.45, 7) is 7.16. The molecule has 5 nitrogen and oxygen atoms in total. The minimum Gasteiger partial charge on any atom is -0.369 e. The van der Waals surface area contributed by atoms with E-state index in [1.807, 2.05) is 13.8 Å². The summed E-state index contributed by atoms with van der Waals surface area (Å²) in [4.78, 5) is 0. The maximum absolute atomic E-state index is 6.35. The molecule has 5 heteroatoms. The lowest BCUT2D eigenvalue weighted by atomic mass is 10.0. The van der Waals surface area contributed by atoms with Crippen LogP contribution in [0.4, 0.5) is 0 Å². The Bertz CT molecular complexity index is 414. The van der Waals surface area contributed by atoms with Crippen molar-refractivity contribution < 1.29 is 23.7 Å². The third-order valence-electron chi connectivity index (χ3n) is 6.19. The Balaban J connectivity index is 1.61. The molecule has 2 fully saturated rings. The van der Waals surface area contributed by atoms with E-state index < -0.39 is 5.79 Å². The molecule has 0 aromatic rings. The summed E-state index contributed by atoms with van der Waals surface area (Å²) in [5, 5.41) is 0. The first-order valence-electron chi connectivity index (χ1n) is 12.1. The van der Waals surface area contributed by atoms with Gasteiger partial charge in [0.2, 0.25) is 0 Å². The van der Waals surface area contributed by atoms with E-state index in [1.54, 1.807) is 7.11 Å². The van der Waals surface area contributed by atoms with Gasteiger partial charge in [-0.2, -0.15) is 0 Å². The van der Waals surface area contributed by atoms with Crippen molar-refractivity contribution in [3.8, 4) is 0 Å². The largest absolute Gasteiger partial charge is 0.369 e. The molecule has 2 aliphatic rings. The number of ether oxygens (including phenoxy) is 5. The Morgan fingerprint density at radius 2 is 1.55 bits per heavy atom. The number of rotatable bonds is 16. The van der Waals surface area contributed by atoms with Crippen molar-refractivity contribution in [1.29, 1.82) is 0 Å². The normalized spacial score (nSPS) is 27.5. The van der Waals surface area contributed by atoms with Crippen molar-refractivity contribution in [2.45, 2.75) is 134 Å². The molecule has 2 saturated heterocycles. The van der Waals surface area contributed by atoms with Crippen LogP contribution in [0.1, 0.15) is 104 Å². The summed E-state index contributed by atoms with van der Waals surface area (Å²) in [6.07, 6.45) is 17.0. The fourth-order valence-corrected chi connectivity index (χ4v) is 4.50. The van der Waals surface area contributed by atoms with Crippen molar-refractivity contribution in [2.75, 3.05) is 20.5 Å². The highest BCUT2D eigenvalue weighted by atomic mass is 16.8. The van der Waals surface area contributed by atoms with E-state index in [1.165, 1.54) is 64.2 Å². The predicted octanol–water partition coefficient (Wildman–Crippen LogP) is 5.99. The SMILES string of the molecule is CCCCCCCCCCCC[C@@H](OCOC)[C@H]1CC[C@H]([C@H]2COC(C)(C)O2)O1. The minimum atomic E-state index is -0.492. The molecular weight excluding hydrogens is 368 g/mol. The summed E-state index contributed by atoms with van der Waals surface area (Å²) in [6, 6.07) is 0. The minimum absolute atomic E-state index is 0.0374. The number of unbranched alkanes of at least 4 members (excludes halogenated alkanes) is 9. The smallest absolute Gasteiger partial charge is 0.163 e. The van der Waals surface area contributed by atoms with Crippen LogP contribution in [0.25, 0.3) is 0 Å². The van der Waals surface area contributed by atoms with Gasteiger partial charge < -0.3 is 23.7 Å². The summed E-state index contributed by atoms with van der Waals surface area (Å²) in [7, 11) is 1.68. The molecule has 4 atom stereocenters. The standard InChI is InChI=1S/C24H46O5/c1-5-6-7-8-9-10-11-12-13-14-15-20(26-19-25-4)21-16-17-22(28-21)23-18-27-24(2,3)29-23/h20-23H,5-19H2,1-4H3/t20-,21-,22-,23-/m1/s1. The van der Waals surface area contributed by atoms with Gasteiger partial charge in [-0.1, -0.05) is 71.1 Å². The maximum atomic E-state index is 6.35. The summed E-state index contributed by atoms with van der Waals surface area (Å²) in [5.41, 5.74) is 0. The molecule has 2 aliphatic heterocycles. The van der Waals surface area contributed by atoms with Crippen LogP contribution in [-0.2, 0) is 23.7 Å². The Kier molecular flexibility index (Phi) is 12.1. The van der Waals surface area contributed by atoms with Crippen LogP contribution >= 0.6 is 0 Å². The van der Waals surface area contributed by atoms with Crippen LogP contribution in [0.2, 0.25) is 0 Å². The van der Waals surface area contributed by atoms with Gasteiger partial charge in [0.25, 0.3) is 0 Å². The van der Waals surface area contributed by atoms with E-state index in [9.17, 15) is 0 Å². The molecule has 0 saturated carbocycles. The summed E-state index contributed by atoms with van der Waals surface area (Å²) in [5.74, 6) is -0.492. The van der Waals surface area contributed by atoms with E-state index in [0.717, 1.165) is 19.3 Å². The van der Waals surface area contributed by atoms with Crippen molar-refractivity contribution in [2.24, 2.45) is 0 Å². The number of methoxy groups -OCH3 is 1. The molecular formula is C24H46O5. The molecule has 0 amide bonds. The molecule has 29 heavy (non-hydrogen) atoms. The average molecular weight is 415 g/mol. The second-order valence-electron chi connectivity index (χ2n) is 9.24. The van der Waals surface area contributed by atoms with Gasteiger partial charge in [0.15, 0.2) is 5.79 Å². The lowest BCUT2D eigenvalue weighted by Gasteiger charge is -2.26. The second kappa shape index (κ2) is 14.0. The van der Waals surface area contributed by atoms with Gasteiger partial charge in [-0.25, -0.2) is 0 Å². The van der Waals surface area contributed by atoms with Crippen LogP contribution in [0, 0.1) is 0 Å². The molecule has 0 bridgehead atoms. The molecule has 0 unspecified atom stereocenters. The van der Waals surface area contributed by atoms with Gasteiger partial charge >= 0.3 is 0 Å². The Labute approximate surface area is 179 Å². The van der Waals surface area contributed by atoms with Crippen LogP contribution in [0.15, 0.2) is 0 Å². The fraction of sp³-hybridized carbons (Fsp3) is 1.00. The van der Waals surface area contributed by atoms with Crippen molar-refractivity contribution in [3.05, 3.63) is 0 Å². The molecule has 2 rings (SSSR count). The summed E-state index contributed by atoms with van der Waals surface area (Å²) < 4.78 is 29.2. The third kappa shape index (κ3) is 9.65. The van der Waals surface area contributed by atoms with Crippen LogP contribution < -0.4 is 0 Å². The van der Waals surface area contributed by atoms with Gasteiger partial charge in [-0.3, -0.25) is 0 Å². The van der Waals surface area contributed by atoms with E-state index in [-0.39, 0.29) is 24.4 Å². The van der Waals surface area contributed by atoms with Gasteiger partial charge in [0, 0.05) is 7.11 Å². The summed E-state index contributed by atoms with van der Waals surface area (Å²) >= 11 is 0. The van der Waals surface area contributed by atoms with Gasteiger partial charge in [0.1, 0.15) is 12.9 Å². The van der Waals surface area contributed by atoms with E-state index >= 15 is 0 Å². The van der Waals surface area contributed by atoms with E-state index in [4.69, 9.17) is 23.7 Å². The predicted molar refractivity (Wildman–Crippen MR) is 116 cm³/mol. The van der Waals surface area contributed by atoms with Gasteiger partial charge in [0.05, 0.1) is 24.9 Å². The Morgan fingerprint density at radius 3 is 2.14 bits per heavy atom. The van der Waals surface area contributed by atoms with Crippen molar-refractivity contribution in [1.82, 2.24) is 0 Å². The molecule has 0 radical (unpaired) electrons. The Hall–Kier alpha value is -0.200. The first-order chi connectivity index (χ1) is 14.1. The Morgan fingerprint density at radius 1 is 0.897 bits per heavy atom. The zero-order valence-corrected chi connectivity index (χ0v) is 19.5. The monoisotopic (exact) mass is 414 g/mol. The molecule has 0 N–H and O–H groups in total. The zero-order chi connectivity index (χ0) is 21.0. The lowest BCUT2D eigenvalue weighted by molar-refractivity contribution is -0.166. The highest BCUT2D eigenvalue weighted by Gasteiger charge is 2.42. The van der Waals surface area contributed by atoms with E-state index in [0.29, 0.717) is 13.4 Å². The molecule has 0 aromatic heterocycles.